The molecule has 0 radical (unpaired) electrons. The minimum absolute atomic E-state index is 0.0167. The lowest BCUT2D eigenvalue weighted by molar-refractivity contribution is -0.385. The highest BCUT2D eigenvalue weighted by atomic mass is 16.6. The van der Waals surface area contributed by atoms with Crippen LogP contribution in [0.15, 0.2) is 48.5 Å². The summed E-state index contributed by atoms with van der Waals surface area (Å²) in [4.78, 5) is 25.0. The van der Waals surface area contributed by atoms with Crippen LogP contribution in [-0.2, 0) is 11.3 Å². The maximum absolute atomic E-state index is 12.6. The minimum atomic E-state index is -0.449. The van der Waals surface area contributed by atoms with Gasteiger partial charge in [-0.15, -0.1) is 0 Å². The molecule has 1 aliphatic rings. The predicted molar refractivity (Wildman–Crippen MR) is 98.0 cm³/mol. The maximum atomic E-state index is 12.6. The van der Waals surface area contributed by atoms with Gasteiger partial charge in [0.25, 0.3) is 11.6 Å². The van der Waals surface area contributed by atoms with Gasteiger partial charge in [-0.05, 0) is 31.4 Å². The van der Waals surface area contributed by atoms with Crippen LogP contribution in [0.1, 0.15) is 34.3 Å². The van der Waals surface area contributed by atoms with E-state index in [1.165, 1.54) is 6.07 Å². The number of nitrogens with zero attached hydrogens (tertiary/aromatic N) is 2. The van der Waals surface area contributed by atoms with E-state index in [0.29, 0.717) is 30.8 Å². The molecule has 0 aromatic heterocycles. The van der Waals surface area contributed by atoms with E-state index in [1.807, 2.05) is 30.3 Å². The van der Waals surface area contributed by atoms with E-state index >= 15 is 0 Å². The lowest BCUT2D eigenvalue weighted by atomic mass is 10.0. The molecule has 0 saturated carbocycles. The largest absolute Gasteiger partial charge is 0.373 e. The Hall–Kier alpha value is -2.73. The van der Waals surface area contributed by atoms with Gasteiger partial charge in [-0.1, -0.05) is 36.4 Å². The third-order valence-corrected chi connectivity index (χ3v) is 4.71. The number of benzene rings is 2. The van der Waals surface area contributed by atoms with E-state index in [4.69, 9.17) is 4.74 Å². The normalized spacial score (nSPS) is 15.0. The molecule has 0 bridgehead atoms. The van der Waals surface area contributed by atoms with Crippen LogP contribution in [0.25, 0.3) is 0 Å². The van der Waals surface area contributed by atoms with Gasteiger partial charge >= 0.3 is 0 Å². The first-order chi connectivity index (χ1) is 12.5. The maximum Gasteiger partial charge on any atom is 0.273 e. The topological polar surface area (TPSA) is 72.7 Å². The van der Waals surface area contributed by atoms with E-state index in [2.05, 4.69) is 0 Å². The van der Waals surface area contributed by atoms with Crippen molar-refractivity contribution in [1.82, 2.24) is 4.90 Å². The van der Waals surface area contributed by atoms with Crippen LogP contribution in [0.4, 0.5) is 5.69 Å². The summed E-state index contributed by atoms with van der Waals surface area (Å²) in [7, 11) is 0. The fourth-order valence-electron chi connectivity index (χ4n) is 3.14. The van der Waals surface area contributed by atoms with Crippen molar-refractivity contribution in [3.8, 4) is 0 Å². The Morgan fingerprint density at radius 2 is 1.88 bits per heavy atom. The molecule has 6 nitrogen and oxygen atoms in total. The van der Waals surface area contributed by atoms with Crippen LogP contribution in [0.2, 0.25) is 0 Å². The van der Waals surface area contributed by atoms with Crippen LogP contribution < -0.4 is 0 Å². The zero-order valence-corrected chi connectivity index (χ0v) is 14.8. The molecule has 0 atom stereocenters. The van der Waals surface area contributed by atoms with Crippen molar-refractivity contribution in [3.63, 3.8) is 0 Å². The van der Waals surface area contributed by atoms with Gasteiger partial charge in [0.1, 0.15) is 0 Å². The van der Waals surface area contributed by atoms with Crippen LogP contribution in [0.3, 0.4) is 0 Å². The van der Waals surface area contributed by atoms with Crippen molar-refractivity contribution in [2.45, 2.75) is 32.5 Å². The van der Waals surface area contributed by atoms with Gasteiger partial charge in [-0.25, -0.2) is 0 Å². The lowest BCUT2D eigenvalue weighted by Crippen LogP contribution is -2.40. The van der Waals surface area contributed by atoms with E-state index in [9.17, 15) is 14.9 Å². The molecule has 0 spiro atoms. The number of carbonyl (C=O) groups excluding carboxylic acids is 1. The molecule has 2 aromatic rings. The van der Waals surface area contributed by atoms with Gasteiger partial charge in [0.05, 0.1) is 17.6 Å². The Morgan fingerprint density at radius 1 is 1.19 bits per heavy atom. The van der Waals surface area contributed by atoms with E-state index < -0.39 is 4.92 Å². The number of nitro groups is 1. The molecule has 136 valence electrons. The van der Waals surface area contributed by atoms with Crippen molar-refractivity contribution in [2.75, 3.05) is 13.1 Å². The third-order valence-electron chi connectivity index (χ3n) is 4.71. The first-order valence-corrected chi connectivity index (χ1v) is 8.74. The Balaban J connectivity index is 1.55. The molecule has 1 heterocycles. The van der Waals surface area contributed by atoms with Crippen LogP contribution in [0.5, 0.6) is 0 Å². The molecule has 2 aromatic carbocycles. The van der Waals surface area contributed by atoms with Crippen LogP contribution in [-0.4, -0.2) is 34.9 Å². The van der Waals surface area contributed by atoms with E-state index in [1.54, 1.807) is 24.0 Å². The SMILES string of the molecule is Cc1ccc(C(=O)N2CCC(OCc3ccccc3)CC2)cc1[N+](=O)[O-]. The highest BCUT2D eigenvalue weighted by molar-refractivity contribution is 5.95. The summed E-state index contributed by atoms with van der Waals surface area (Å²) < 4.78 is 5.94. The number of carbonyl (C=O) groups is 1. The summed E-state index contributed by atoms with van der Waals surface area (Å²) in [5.74, 6) is -0.158. The van der Waals surface area contributed by atoms with Gasteiger partial charge in [0.15, 0.2) is 0 Å². The number of hydrogen-bond acceptors (Lipinski definition) is 4. The molecule has 1 amide bonds. The molecule has 1 fully saturated rings. The second kappa shape index (κ2) is 8.10. The number of amides is 1. The number of aryl methyl sites for hydroxylation is 1. The van der Waals surface area contributed by atoms with Crippen molar-refractivity contribution >= 4 is 11.6 Å². The summed E-state index contributed by atoms with van der Waals surface area (Å²) in [6.45, 7) is 3.44. The second-order valence-electron chi connectivity index (χ2n) is 6.55. The smallest absolute Gasteiger partial charge is 0.273 e. The molecule has 0 aliphatic carbocycles. The lowest BCUT2D eigenvalue weighted by Gasteiger charge is -2.32. The Labute approximate surface area is 152 Å². The van der Waals surface area contributed by atoms with E-state index in [-0.39, 0.29) is 17.7 Å². The standard InChI is InChI=1S/C20H22N2O4/c1-15-7-8-17(13-19(15)22(24)25)20(23)21-11-9-18(10-12-21)26-14-16-5-3-2-4-6-16/h2-8,13,18H,9-12,14H2,1H3. The van der Waals surface area contributed by atoms with Crippen molar-refractivity contribution < 1.29 is 14.5 Å². The molecular formula is C20H22N2O4. The molecule has 1 saturated heterocycles. The summed E-state index contributed by atoms with van der Waals surface area (Å²) >= 11 is 0. The van der Waals surface area contributed by atoms with Gasteiger partial charge in [-0.3, -0.25) is 14.9 Å². The molecule has 0 N–H and O–H groups in total. The first-order valence-electron chi connectivity index (χ1n) is 8.74. The molecular weight excluding hydrogens is 332 g/mol. The fourth-order valence-corrected chi connectivity index (χ4v) is 3.14. The predicted octanol–water partition coefficient (Wildman–Crippen LogP) is 3.72. The number of rotatable bonds is 5. The van der Waals surface area contributed by atoms with Crippen LogP contribution >= 0.6 is 0 Å². The number of ether oxygens (including phenoxy) is 1. The quantitative estimate of drug-likeness (QED) is 0.606. The average Bonchev–Trinajstić information content (AvgIpc) is 2.67. The summed E-state index contributed by atoms with van der Waals surface area (Å²) in [6.07, 6.45) is 1.67. The highest BCUT2D eigenvalue weighted by Crippen LogP contribution is 2.22. The Kier molecular flexibility index (Phi) is 5.63. The number of hydrogen-bond donors (Lipinski definition) is 0. The van der Waals surface area contributed by atoms with E-state index in [0.717, 1.165) is 18.4 Å². The van der Waals surface area contributed by atoms with Crippen LogP contribution in [0, 0.1) is 17.0 Å². The molecule has 3 rings (SSSR count). The number of piperidine rings is 1. The zero-order chi connectivity index (χ0) is 18.5. The van der Waals surface area contributed by atoms with Crippen molar-refractivity contribution in [2.24, 2.45) is 0 Å². The fraction of sp³-hybridized carbons (Fsp3) is 0.350. The summed E-state index contributed by atoms with van der Waals surface area (Å²) in [5, 5.41) is 11.1. The minimum Gasteiger partial charge on any atom is -0.373 e. The highest BCUT2D eigenvalue weighted by Gasteiger charge is 2.25. The third kappa shape index (κ3) is 4.26. The van der Waals surface area contributed by atoms with Gasteiger partial charge in [-0.2, -0.15) is 0 Å². The zero-order valence-electron chi connectivity index (χ0n) is 14.8. The second-order valence-corrected chi connectivity index (χ2v) is 6.55. The average molecular weight is 354 g/mol. The van der Waals surface area contributed by atoms with Gasteiger partial charge in [0, 0.05) is 30.3 Å². The van der Waals surface area contributed by atoms with Gasteiger partial charge in [0.2, 0.25) is 0 Å². The Morgan fingerprint density at radius 3 is 2.54 bits per heavy atom. The summed E-state index contributed by atoms with van der Waals surface area (Å²) in [6, 6.07) is 14.7. The van der Waals surface area contributed by atoms with Crippen molar-refractivity contribution in [1.29, 1.82) is 0 Å². The first kappa shape index (κ1) is 18.1. The molecule has 1 aliphatic heterocycles. The molecule has 0 unspecified atom stereocenters. The molecule has 26 heavy (non-hydrogen) atoms. The monoisotopic (exact) mass is 354 g/mol. The Bertz CT molecular complexity index is 784. The van der Waals surface area contributed by atoms with Gasteiger partial charge < -0.3 is 9.64 Å². The molecule has 6 heteroatoms. The number of nitro benzene ring substituents is 1. The number of likely N-dealkylation sites (tertiary alicyclic amines) is 1. The van der Waals surface area contributed by atoms with Crippen molar-refractivity contribution in [3.05, 3.63) is 75.3 Å². The summed E-state index contributed by atoms with van der Waals surface area (Å²) in [5.41, 5.74) is 2.04.